The van der Waals surface area contributed by atoms with Crippen LogP contribution in [-0.4, -0.2) is 55.4 Å². The van der Waals surface area contributed by atoms with Crippen molar-refractivity contribution in [2.45, 2.75) is 13.0 Å². The van der Waals surface area contributed by atoms with Crippen molar-refractivity contribution in [1.29, 1.82) is 0 Å². The first-order valence-corrected chi connectivity index (χ1v) is 6.41. The molecule has 0 radical (unpaired) electrons. The van der Waals surface area contributed by atoms with Crippen LogP contribution in [0.5, 0.6) is 0 Å². The molecule has 1 atom stereocenters. The highest BCUT2D eigenvalue weighted by molar-refractivity contribution is 7.98. The van der Waals surface area contributed by atoms with Gasteiger partial charge in [-0.1, -0.05) is 0 Å². The van der Waals surface area contributed by atoms with Crippen molar-refractivity contribution >= 4 is 29.1 Å². The molecule has 0 aromatic rings. The largest absolute Gasteiger partial charge is 0.383 e. The third-order valence-electron chi connectivity index (χ3n) is 1.76. The second kappa shape index (κ2) is 8.32. The van der Waals surface area contributed by atoms with Crippen LogP contribution < -0.4 is 5.32 Å². The molecule has 0 saturated heterocycles. The number of methoxy groups -OCH3 is 1. The Morgan fingerprint density at radius 1 is 1.64 bits per heavy atom. The number of nitrogens with one attached hydrogen (secondary N) is 1. The maximum atomic E-state index is 5.23. The smallest absolute Gasteiger partial charge is 0.168 e. The number of hydrogen-bond acceptors (Lipinski definition) is 3. The van der Waals surface area contributed by atoms with Crippen molar-refractivity contribution in [2.24, 2.45) is 0 Å². The topological polar surface area (TPSA) is 24.5 Å². The predicted molar refractivity (Wildman–Crippen MR) is 68.1 cm³/mol. The molecule has 14 heavy (non-hydrogen) atoms. The fourth-order valence-electron chi connectivity index (χ4n) is 0.942. The van der Waals surface area contributed by atoms with Crippen molar-refractivity contribution in [3.63, 3.8) is 0 Å². The fourth-order valence-corrected chi connectivity index (χ4v) is 1.69. The Bertz CT molecular complexity index is 167. The molecule has 1 N–H and O–H groups in total. The summed E-state index contributed by atoms with van der Waals surface area (Å²) in [7, 11) is 3.70. The number of thioether (sulfide) groups is 1. The minimum atomic E-state index is 0.268. The number of thiocarbonyl (C=S) groups is 1. The van der Waals surface area contributed by atoms with Gasteiger partial charge in [-0.3, -0.25) is 0 Å². The fraction of sp³-hybridized carbons (Fsp3) is 0.889. The van der Waals surface area contributed by atoms with Gasteiger partial charge >= 0.3 is 0 Å². The van der Waals surface area contributed by atoms with E-state index >= 15 is 0 Å². The summed E-state index contributed by atoms with van der Waals surface area (Å²) < 4.78 is 5.02. The van der Waals surface area contributed by atoms with Crippen LogP contribution in [0.25, 0.3) is 0 Å². The first-order valence-electron chi connectivity index (χ1n) is 4.61. The lowest BCUT2D eigenvalue weighted by molar-refractivity contribution is 0.178. The number of hydrogen-bond donors (Lipinski definition) is 1. The van der Waals surface area contributed by atoms with Gasteiger partial charge in [0.1, 0.15) is 0 Å². The second-order valence-corrected chi connectivity index (χ2v) is 4.59. The molecule has 5 heteroatoms. The van der Waals surface area contributed by atoms with Gasteiger partial charge in [-0.2, -0.15) is 11.8 Å². The molecule has 0 fully saturated rings. The van der Waals surface area contributed by atoms with Crippen LogP contribution in [-0.2, 0) is 4.74 Å². The Hall–Kier alpha value is 0. The van der Waals surface area contributed by atoms with Crippen LogP contribution in [0.3, 0.4) is 0 Å². The standard InChI is InChI=1S/C9H20N2OS2/c1-8(7-12-3)10-9(13)11(2)5-6-14-4/h8H,5-7H2,1-4H3,(H,10,13). The third kappa shape index (κ3) is 6.45. The van der Waals surface area contributed by atoms with Gasteiger partial charge in [-0.05, 0) is 25.4 Å². The predicted octanol–water partition coefficient (Wildman–Crippen LogP) is 1.19. The molecule has 0 aliphatic rings. The normalized spacial score (nSPS) is 12.3. The van der Waals surface area contributed by atoms with Crippen molar-refractivity contribution < 1.29 is 4.74 Å². The Balaban J connectivity index is 3.71. The second-order valence-electron chi connectivity index (χ2n) is 3.22. The lowest BCUT2D eigenvalue weighted by Crippen LogP contribution is -2.44. The van der Waals surface area contributed by atoms with Gasteiger partial charge in [0.2, 0.25) is 0 Å². The SMILES string of the molecule is COCC(C)NC(=S)N(C)CCSC. The average Bonchev–Trinajstić information content (AvgIpc) is 2.14. The van der Waals surface area contributed by atoms with E-state index in [0.29, 0.717) is 6.61 Å². The summed E-state index contributed by atoms with van der Waals surface area (Å²) in [4.78, 5) is 2.05. The van der Waals surface area contributed by atoms with Gasteiger partial charge in [0.05, 0.1) is 6.61 Å². The van der Waals surface area contributed by atoms with Crippen LogP contribution in [0.4, 0.5) is 0 Å². The highest BCUT2D eigenvalue weighted by Crippen LogP contribution is 1.95. The zero-order valence-corrected chi connectivity index (χ0v) is 11.0. The summed E-state index contributed by atoms with van der Waals surface area (Å²) in [5.41, 5.74) is 0. The van der Waals surface area contributed by atoms with E-state index in [9.17, 15) is 0 Å². The highest BCUT2D eigenvalue weighted by Gasteiger charge is 2.07. The molecule has 0 bridgehead atoms. The van der Waals surface area contributed by atoms with Crippen LogP contribution in [0.15, 0.2) is 0 Å². The Labute approximate surface area is 96.6 Å². The van der Waals surface area contributed by atoms with Gasteiger partial charge in [0, 0.05) is 32.5 Å². The molecule has 0 saturated carbocycles. The molecule has 3 nitrogen and oxygen atoms in total. The summed E-state index contributed by atoms with van der Waals surface area (Å²) in [6.45, 7) is 3.71. The van der Waals surface area contributed by atoms with Crippen LogP contribution in [0.2, 0.25) is 0 Å². The molecule has 1 unspecified atom stereocenters. The zero-order valence-electron chi connectivity index (χ0n) is 9.37. The molecule has 0 aromatic carbocycles. The summed E-state index contributed by atoms with van der Waals surface area (Å²) in [6, 6.07) is 0.268. The van der Waals surface area contributed by atoms with E-state index in [0.717, 1.165) is 17.4 Å². The minimum Gasteiger partial charge on any atom is -0.383 e. The van der Waals surface area contributed by atoms with E-state index in [1.807, 2.05) is 18.8 Å². The lowest BCUT2D eigenvalue weighted by atomic mass is 10.4. The molecule has 0 aliphatic heterocycles. The van der Waals surface area contributed by atoms with E-state index in [1.165, 1.54) is 0 Å². The Kier molecular flexibility index (Phi) is 8.32. The Morgan fingerprint density at radius 2 is 2.29 bits per heavy atom. The molecular formula is C9H20N2OS2. The molecule has 0 heterocycles. The maximum absolute atomic E-state index is 5.23. The molecule has 84 valence electrons. The summed E-state index contributed by atoms with van der Waals surface area (Å²) in [6.07, 6.45) is 2.10. The highest BCUT2D eigenvalue weighted by atomic mass is 32.2. The third-order valence-corrected chi connectivity index (χ3v) is 2.78. The molecular weight excluding hydrogens is 216 g/mol. The molecule has 0 rings (SSSR count). The van der Waals surface area contributed by atoms with E-state index in [1.54, 1.807) is 7.11 Å². The van der Waals surface area contributed by atoms with E-state index in [2.05, 4.69) is 23.4 Å². The van der Waals surface area contributed by atoms with Crippen LogP contribution in [0.1, 0.15) is 6.92 Å². The van der Waals surface area contributed by atoms with Gasteiger partial charge in [-0.25, -0.2) is 0 Å². The summed E-state index contributed by atoms with van der Waals surface area (Å²) in [5, 5.41) is 4.01. The monoisotopic (exact) mass is 236 g/mol. The Morgan fingerprint density at radius 3 is 2.79 bits per heavy atom. The minimum absolute atomic E-state index is 0.268. The van der Waals surface area contributed by atoms with E-state index in [-0.39, 0.29) is 6.04 Å². The lowest BCUT2D eigenvalue weighted by Gasteiger charge is -2.23. The zero-order chi connectivity index (χ0) is 11.0. The van der Waals surface area contributed by atoms with Gasteiger partial charge in [-0.15, -0.1) is 0 Å². The first kappa shape index (κ1) is 14.0. The number of rotatable bonds is 6. The quantitative estimate of drug-likeness (QED) is 0.699. The number of nitrogens with zero attached hydrogens (tertiary/aromatic N) is 1. The van der Waals surface area contributed by atoms with Gasteiger partial charge in [0.15, 0.2) is 5.11 Å². The van der Waals surface area contributed by atoms with Gasteiger partial charge < -0.3 is 15.0 Å². The molecule has 0 aliphatic carbocycles. The van der Waals surface area contributed by atoms with E-state index in [4.69, 9.17) is 17.0 Å². The van der Waals surface area contributed by atoms with Crippen LogP contribution in [0, 0.1) is 0 Å². The van der Waals surface area contributed by atoms with E-state index < -0.39 is 0 Å². The van der Waals surface area contributed by atoms with Crippen LogP contribution >= 0.6 is 24.0 Å². The average molecular weight is 236 g/mol. The van der Waals surface area contributed by atoms with Gasteiger partial charge in [0.25, 0.3) is 0 Å². The molecule has 0 aromatic heterocycles. The molecule has 0 spiro atoms. The summed E-state index contributed by atoms with van der Waals surface area (Å²) >= 11 is 7.05. The summed E-state index contributed by atoms with van der Waals surface area (Å²) in [5.74, 6) is 1.09. The number of ether oxygens (including phenoxy) is 1. The van der Waals surface area contributed by atoms with Crippen molar-refractivity contribution in [3.8, 4) is 0 Å². The van der Waals surface area contributed by atoms with Crippen molar-refractivity contribution in [3.05, 3.63) is 0 Å². The van der Waals surface area contributed by atoms with Crippen molar-refractivity contribution in [1.82, 2.24) is 10.2 Å². The van der Waals surface area contributed by atoms with Crippen molar-refractivity contribution in [2.75, 3.05) is 39.3 Å². The maximum Gasteiger partial charge on any atom is 0.168 e. The first-order chi connectivity index (χ1) is 6.61. The molecule has 0 amide bonds.